The number of likely N-dealkylation sites (N-methyl/N-ethyl adjacent to an activating group) is 1. The third-order valence-electron chi connectivity index (χ3n) is 8.41. The fraction of sp³-hybridized carbons (Fsp3) is 0.952. The molecule has 6 rings (SSSR count). The predicted octanol–water partition coefficient (Wildman–Crippen LogP) is 3.66. The fourth-order valence-electron chi connectivity index (χ4n) is 8.46. The van der Waals surface area contributed by atoms with Crippen LogP contribution in [0.1, 0.15) is 65.2 Å². The third-order valence-corrected chi connectivity index (χ3v) is 8.41. The van der Waals surface area contributed by atoms with Gasteiger partial charge in [0.05, 0.1) is 13.2 Å². The van der Waals surface area contributed by atoms with Gasteiger partial charge in [-0.2, -0.15) is 0 Å². The lowest BCUT2D eigenvalue weighted by atomic mass is 9.39. The molecule has 0 aromatic heterocycles. The highest BCUT2D eigenvalue weighted by molar-refractivity contribution is 5.88. The predicted molar refractivity (Wildman–Crippen MR) is 93.7 cm³/mol. The highest BCUT2D eigenvalue weighted by Crippen LogP contribution is 2.70. The van der Waals surface area contributed by atoms with Crippen molar-refractivity contribution in [2.75, 3.05) is 20.3 Å². The second-order valence-corrected chi connectivity index (χ2v) is 11.0. The first-order valence-electron chi connectivity index (χ1n) is 10.1. The number of morpholine rings is 1. The Labute approximate surface area is 146 Å². The number of hydrogen-bond donors (Lipinski definition) is 0. The van der Waals surface area contributed by atoms with Gasteiger partial charge in [-0.15, -0.1) is 0 Å². The van der Waals surface area contributed by atoms with E-state index >= 15 is 0 Å². The number of ketones is 1. The summed E-state index contributed by atoms with van der Waals surface area (Å²) in [5.74, 6) is 1.77. The molecule has 0 N–H and O–H groups in total. The van der Waals surface area contributed by atoms with E-state index in [0.29, 0.717) is 34.6 Å². The van der Waals surface area contributed by atoms with E-state index in [0.717, 1.165) is 32.0 Å². The van der Waals surface area contributed by atoms with Gasteiger partial charge >= 0.3 is 0 Å². The van der Waals surface area contributed by atoms with Gasteiger partial charge in [0.25, 0.3) is 0 Å². The van der Waals surface area contributed by atoms with Gasteiger partial charge in [-0.25, -0.2) is 0 Å². The molecule has 6 fully saturated rings. The van der Waals surface area contributed by atoms with E-state index < -0.39 is 0 Å². The van der Waals surface area contributed by atoms with Crippen LogP contribution in [-0.4, -0.2) is 43.0 Å². The molecular formula is C21H33NO2. The van der Waals surface area contributed by atoms with Crippen molar-refractivity contribution in [2.24, 2.45) is 28.1 Å². The third kappa shape index (κ3) is 2.19. The maximum atomic E-state index is 13.8. The summed E-state index contributed by atoms with van der Waals surface area (Å²) in [4.78, 5) is 16.3. The summed E-state index contributed by atoms with van der Waals surface area (Å²) in [6, 6.07) is 0.929. The van der Waals surface area contributed by atoms with E-state index in [1.807, 2.05) is 0 Å². The molecule has 24 heavy (non-hydrogen) atoms. The molecule has 4 aliphatic carbocycles. The Morgan fingerprint density at radius 1 is 0.958 bits per heavy atom. The second kappa shape index (κ2) is 4.85. The number of nitrogens with zero attached hydrogens (tertiary/aromatic N) is 1. The van der Waals surface area contributed by atoms with Crippen LogP contribution in [-0.2, 0) is 9.53 Å². The maximum Gasteiger partial charge on any atom is 0.142 e. The first-order valence-corrected chi connectivity index (χ1v) is 10.1. The van der Waals surface area contributed by atoms with E-state index in [9.17, 15) is 4.79 Å². The number of carbonyl (C=O) groups excluding carboxylic acids is 1. The number of fused-ring (bicyclic) bond motifs is 2. The number of carbonyl (C=O) groups is 1. The molecule has 0 radical (unpaired) electrons. The highest BCUT2D eigenvalue weighted by atomic mass is 16.5. The van der Waals surface area contributed by atoms with Crippen molar-refractivity contribution in [1.82, 2.24) is 4.90 Å². The van der Waals surface area contributed by atoms with Gasteiger partial charge in [-0.3, -0.25) is 9.69 Å². The van der Waals surface area contributed by atoms with Gasteiger partial charge < -0.3 is 4.74 Å². The van der Waals surface area contributed by atoms with Gasteiger partial charge in [0.15, 0.2) is 0 Å². The number of hydrogen-bond acceptors (Lipinski definition) is 3. The van der Waals surface area contributed by atoms with Crippen LogP contribution in [0.15, 0.2) is 0 Å². The van der Waals surface area contributed by atoms with Crippen molar-refractivity contribution in [2.45, 2.75) is 77.3 Å². The summed E-state index contributed by atoms with van der Waals surface area (Å²) < 4.78 is 5.76. The van der Waals surface area contributed by atoms with Crippen LogP contribution < -0.4 is 0 Å². The Morgan fingerprint density at radius 3 is 2.08 bits per heavy atom. The van der Waals surface area contributed by atoms with Crippen LogP contribution >= 0.6 is 0 Å². The zero-order chi connectivity index (χ0) is 16.7. The van der Waals surface area contributed by atoms with Crippen LogP contribution in [0, 0.1) is 28.1 Å². The van der Waals surface area contributed by atoms with E-state index in [1.165, 1.54) is 38.5 Å². The zero-order valence-corrected chi connectivity index (χ0v) is 15.6. The monoisotopic (exact) mass is 331 g/mol. The smallest absolute Gasteiger partial charge is 0.142 e. The minimum atomic E-state index is 0.0264. The molecule has 134 valence electrons. The minimum Gasteiger partial charge on any atom is -0.378 e. The van der Waals surface area contributed by atoms with Crippen LogP contribution in [0.25, 0.3) is 0 Å². The molecule has 3 heteroatoms. The van der Waals surface area contributed by atoms with Gasteiger partial charge in [0.1, 0.15) is 5.78 Å². The highest BCUT2D eigenvalue weighted by Gasteiger charge is 2.63. The second-order valence-electron chi connectivity index (χ2n) is 11.0. The van der Waals surface area contributed by atoms with Crippen molar-refractivity contribution < 1.29 is 9.53 Å². The average molecular weight is 332 g/mol. The first-order chi connectivity index (χ1) is 11.3. The van der Waals surface area contributed by atoms with Crippen molar-refractivity contribution >= 4 is 5.78 Å². The lowest BCUT2D eigenvalue weighted by molar-refractivity contribution is -0.176. The Balaban J connectivity index is 1.43. The van der Waals surface area contributed by atoms with E-state index in [-0.39, 0.29) is 5.41 Å². The summed E-state index contributed by atoms with van der Waals surface area (Å²) in [7, 11) is 2.23. The molecule has 3 nitrogen and oxygen atoms in total. The van der Waals surface area contributed by atoms with E-state index in [2.05, 4.69) is 25.8 Å². The van der Waals surface area contributed by atoms with Crippen LogP contribution in [0.5, 0.6) is 0 Å². The average Bonchev–Trinajstić information content (AvgIpc) is 2.42. The molecule has 2 heterocycles. The van der Waals surface area contributed by atoms with Crippen molar-refractivity contribution in [3.05, 3.63) is 0 Å². The summed E-state index contributed by atoms with van der Waals surface area (Å²) in [5, 5.41) is 0. The topological polar surface area (TPSA) is 29.5 Å². The molecule has 6 bridgehead atoms. The number of Topliss-reactive ketones (excluding diaryl/α,β-unsaturated/α-hetero) is 1. The molecule has 4 unspecified atom stereocenters. The first kappa shape index (κ1) is 15.8. The quantitative estimate of drug-likeness (QED) is 0.773. The van der Waals surface area contributed by atoms with Crippen LogP contribution in [0.2, 0.25) is 0 Å². The fourth-order valence-corrected chi connectivity index (χ4v) is 8.46. The largest absolute Gasteiger partial charge is 0.378 e. The van der Waals surface area contributed by atoms with Crippen molar-refractivity contribution in [3.8, 4) is 0 Å². The minimum absolute atomic E-state index is 0.0264. The lowest BCUT2D eigenvalue weighted by Crippen LogP contribution is -2.61. The van der Waals surface area contributed by atoms with Gasteiger partial charge in [0.2, 0.25) is 0 Å². The lowest BCUT2D eigenvalue weighted by Gasteiger charge is -2.65. The molecule has 0 amide bonds. The van der Waals surface area contributed by atoms with E-state index in [4.69, 9.17) is 4.74 Å². The molecular weight excluding hydrogens is 298 g/mol. The van der Waals surface area contributed by atoms with Crippen molar-refractivity contribution in [3.63, 3.8) is 0 Å². The summed E-state index contributed by atoms with van der Waals surface area (Å²) in [6.45, 7) is 6.60. The van der Waals surface area contributed by atoms with Gasteiger partial charge in [-0.05, 0) is 75.2 Å². The zero-order valence-electron chi connectivity index (χ0n) is 15.6. The number of piperidine rings is 1. The molecule has 4 saturated carbocycles. The maximum absolute atomic E-state index is 13.8. The van der Waals surface area contributed by atoms with Gasteiger partial charge in [-0.1, -0.05) is 13.8 Å². The standard InChI is InChI=1S/C21H33NO2/c1-19-6-14-7-20(2,11-19)13-21(8-14,12-19)18(23)15-4-16-9-24-10-17(5-15)22(16)3/h14-17H,4-13H2,1-3H3. The Kier molecular flexibility index (Phi) is 3.20. The normalized spacial score (nSPS) is 56.5. The SMILES string of the molecule is CN1C2COCC1CC(C(=O)C13CC4CC(C)(CC(C)(C4)C1)C3)C2. The molecule has 2 aliphatic heterocycles. The Bertz CT molecular complexity index is 540. The Morgan fingerprint density at radius 2 is 1.54 bits per heavy atom. The van der Waals surface area contributed by atoms with Gasteiger partial charge in [0, 0.05) is 23.4 Å². The summed E-state index contributed by atoms with van der Waals surface area (Å²) in [6.07, 6.45) is 9.75. The van der Waals surface area contributed by atoms with E-state index in [1.54, 1.807) is 0 Å². The number of rotatable bonds is 2. The van der Waals surface area contributed by atoms with Crippen LogP contribution in [0.4, 0.5) is 0 Å². The Hall–Kier alpha value is -0.410. The summed E-state index contributed by atoms with van der Waals surface area (Å²) >= 11 is 0. The molecule has 0 aromatic carbocycles. The molecule has 0 aromatic rings. The summed E-state index contributed by atoms with van der Waals surface area (Å²) in [5.41, 5.74) is 0.904. The van der Waals surface area contributed by atoms with Crippen LogP contribution in [0.3, 0.4) is 0 Å². The molecule has 4 atom stereocenters. The molecule has 6 aliphatic rings. The molecule has 0 spiro atoms. The molecule has 2 saturated heterocycles. The number of ether oxygens (including phenoxy) is 1. The van der Waals surface area contributed by atoms with Crippen molar-refractivity contribution in [1.29, 1.82) is 0 Å².